The van der Waals surface area contributed by atoms with Crippen molar-refractivity contribution in [3.63, 3.8) is 0 Å². The van der Waals surface area contributed by atoms with Crippen LogP contribution in [0.5, 0.6) is 0 Å². The number of benzene rings is 1. The minimum absolute atomic E-state index is 0.184. The minimum atomic E-state index is 0.184. The van der Waals surface area contributed by atoms with Crippen LogP contribution in [0.15, 0.2) is 43.0 Å². The van der Waals surface area contributed by atoms with Gasteiger partial charge in [0, 0.05) is 13.0 Å². The van der Waals surface area contributed by atoms with E-state index in [0.717, 1.165) is 19.4 Å². The van der Waals surface area contributed by atoms with Gasteiger partial charge in [-0.05, 0) is 37.2 Å². The molecule has 1 saturated heterocycles. The van der Waals surface area contributed by atoms with Crippen molar-refractivity contribution in [3.8, 4) is 0 Å². The molecule has 1 fully saturated rings. The van der Waals surface area contributed by atoms with Crippen LogP contribution in [0.25, 0.3) is 0 Å². The average Bonchev–Trinajstić information content (AvgIpc) is 2.80. The van der Waals surface area contributed by atoms with Gasteiger partial charge < -0.3 is 4.90 Å². The molecule has 0 N–H and O–H groups in total. The first kappa shape index (κ1) is 14.8. The molecule has 1 aliphatic rings. The Hall–Kier alpha value is -1.57. The first-order valence-electron chi connectivity index (χ1n) is 7.57. The second-order valence-corrected chi connectivity index (χ2v) is 6.07. The molecule has 0 radical (unpaired) electrons. The lowest BCUT2D eigenvalue weighted by Gasteiger charge is -2.25. The summed E-state index contributed by atoms with van der Waals surface area (Å²) < 4.78 is 0. The number of carbonyl (C=O) groups is 1. The molecule has 108 valence electrons. The molecule has 2 nitrogen and oxygen atoms in total. The van der Waals surface area contributed by atoms with Crippen LogP contribution >= 0.6 is 0 Å². The molecule has 2 rings (SSSR count). The van der Waals surface area contributed by atoms with Crippen molar-refractivity contribution in [2.75, 3.05) is 6.54 Å². The fraction of sp³-hybridized carbons (Fsp3) is 0.500. The van der Waals surface area contributed by atoms with Gasteiger partial charge in [-0.15, -0.1) is 6.58 Å². The second kappa shape index (κ2) is 6.74. The summed E-state index contributed by atoms with van der Waals surface area (Å²) in [5.41, 5.74) is 1.22. The van der Waals surface area contributed by atoms with Gasteiger partial charge in [-0.25, -0.2) is 0 Å². The average molecular weight is 271 g/mol. The number of hydrogen-bond donors (Lipinski definition) is 0. The summed E-state index contributed by atoms with van der Waals surface area (Å²) in [6.07, 6.45) is 4.85. The van der Waals surface area contributed by atoms with E-state index in [4.69, 9.17) is 0 Å². The number of rotatable bonds is 6. The van der Waals surface area contributed by atoms with E-state index < -0.39 is 0 Å². The van der Waals surface area contributed by atoms with Crippen LogP contribution in [0, 0.1) is 11.8 Å². The highest BCUT2D eigenvalue weighted by atomic mass is 16.2. The molecule has 1 aromatic rings. The summed E-state index contributed by atoms with van der Waals surface area (Å²) in [6.45, 7) is 9.07. The second-order valence-electron chi connectivity index (χ2n) is 6.07. The third kappa shape index (κ3) is 3.50. The topological polar surface area (TPSA) is 20.3 Å². The Labute approximate surface area is 122 Å². The fourth-order valence-electron chi connectivity index (χ4n) is 3.20. The maximum atomic E-state index is 12.2. The zero-order valence-electron chi connectivity index (χ0n) is 12.6. The Bertz CT molecular complexity index is 454. The smallest absolute Gasteiger partial charge is 0.223 e. The van der Waals surface area contributed by atoms with E-state index in [0.29, 0.717) is 24.2 Å². The van der Waals surface area contributed by atoms with Crippen LogP contribution in [-0.4, -0.2) is 17.4 Å². The quantitative estimate of drug-likeness (QED) is 0.710. The summed E-state index contributed by atoms with van der Waals surface area (Å²) in [4.78, 5) is 14.3. The van der Waals surface area contributed by atoms with Crippen molar-refractivity contribution in [2.24, 2.45) is 11.8 Å². The SMILES string of the molecule is C=CCC(C)CC1CC(=O)N(C(C)c2ccccc2)C1. The molecular formula is C18H25NO. The van der Waals surface area contributed by atoms with Crippen molar-refractivity contribution in [2.45, 2.75) is 39.2 Å². The Morgan fingerprint density at radius 1 is 1.35 bits per heavy atom. The van der Waals surface area contributed by atoms with E-state index in [-0.39, 0.29) is 6.04 Å². The molecule has 0 bridgehead atoms. The van der Waals surface area contributed by atoms with E-state index in [2.05, 4.69) is 32.6 Å². The Balaban J connectivity index is 1.97. The molecule has 0 saturated carbocycles. The van der Waals surface area contributed by atoms with E-state index >= 15 is 0 Å². The van der Waals surface area contributed by atoms with Gasteiger partial charge in [-0.3, -0.25) is 4.79 Å². The number of likely N-dealkylation sites (tertiary alicyclic amines) is 1. The first-order chi connectivity index (χ1) is 9.61. The predicted octanol–water partition coefficient (Wildman–Crippen LogP) is 4.20. The van der Waals surface area contributed by atoms with Gasteiger partial charge in [0.25, 0.3) is 0 Å². The van der Waals surface area contributed by atoms with Crippen molar-refractivity contribution in [1.29, 1.82) is 0 Å². The van der Waals surface area contributed by atoms with Gasteiger partial charge in [-0.1, -0.05) is 43.3 Å². The molecule has 2 heteroatoms. The van der Waals surface area contributed by atoms with Crippen LogP contribution in [0.4, 0.5) is 0 Å². The van der Waals surface area contributed by atoms with Crippen molar-refractivity contribution >= 4 is 5.91 Å². The van der Waals surface area contributed by atoms with E-state index in [1.54, 1.807) is 0 Å². The summed E-state index contributed by atoms with van der Waals surface area (Å²) in [7, 11) is 0. The van der Waals surface area contributed by atoms with E-state index in [1.165, 1.54) is 5.56 Å². The lowest BCUT2D eigenvalue weighted by atomic mass is 9.93. The monoisotopic (exact) mass is 271 g/mol. The van der Waals surface area contributed by atoms with Gasteiger partial charge in [-0.2, -0.15) is 0 Å². The van der Waals surface area contributed by atoms with Crippen LogP contribution in [0.2, 0.25) is 0 Å². The third-order valence-electron chi connectivity index (χ3n) is 4.29. The first-order valence-corrected chi connectivity index (χ1v) is 7.57. The van der Waals surface area contributed by atoms with Gasteiger partial charge in [0.05, 0.1) is 6.04 Å². The highest BCUT2D eigenvalue weighted by molar-refractivity contribution is 5.79. The van der Waals surface area contributed by atoms with Crippen LogP contribution in [0.1, 0.15) is 44.7 Å². The number of allylic oxidation sites excluding steroid dienone is 1. The highest BCUT2D eigenvalue weighted by Gasteiger charge is 2.33. The van der Waals surface area contributed by atoms with Gasteiger partial charge in [0.2, 0.25) is 5.91 Å². The van der Waals surface area contributed by atoms with Crippen LogP contribution < -0.4 is 0 Å². The summed E-state index contributed by atoms with van der Waals surface area (Å²) in [5.74, 6) is 1.43. The van der Waals surface area contributed by atoms with Crippen molar-refractivity contribution in [3.05, 3.63) is 48.6 Å². The Morgan fingerprint density at radius 2 is 2.05 bits per heavy atom. The molecule has 0 aliphatic carbocycles. The zero-order chi connectivity index (χ0) is 14.5. The number of amides is 1. The largest absolute Gasteiger partial charge is 0.336 e. The molecule has 0 spiro atoms. The predicted molar refractivity (Wildman–Crippen MR) is 83.3 cm³/mol. The van der Waals surface area contributed by atoms with Crippen molar-refractivity contribution < 1.29 is 4.79 Å². The van der Waals surface area contributed by atoms with Gasteiger partial charge in [0.15, 0.2) is 0 Å². The Morgan fingerprint density at radius 3 is 2.70 bits per heavy atom. The summed E-state index contributed by atoms with van der Waals surface area (Å²) in [6, 6.07) is 10.5. The highest BCUT2D eigenvalue weighted by Crippen LogP contribution is 2.31. The summed E-state index contributed by atoms with van der Waals surface area (Å²) >= 11 is 0. The third-order valence-corrected chi connectivity index (χ3v) is 4.29. The van der Waals surface area contributed by atoms with Crippen LogP contribution in [-0.2, 0) is 4.79 Å². The zero-order valence-corrected chi connectivity index (χ0v) is 12.6. The van der Waals surface area contributed by atoms with Crippen LogP contribution in [0.3, 0.4) is 0 Å². The molecule has 1 aromatic carbocycles. The molecule has 1 heterocycles. The van der Waals surface area contributed by atoms with Gasteiger partial charge in [0.1, 0.15) is 0 Å². The number of carbonyl (C=O) groups excluding carboxylic acids is 1. The lowest BCUT2D eigenvalue weighted by molar-refractivity contribution is -0.129. The maximum absolute atomic E-state index is 12.2. The van der Waals surface area contributed by atoms with E-state index in [1.807, 2.05) is 29.2 Å². The standard InChI is InChI=1S/C18H25NO/c1-4-8-14(2)11-16-12-18(20)19(13-16)15(3)17-9-6-5-7-10-17/h4-7,9-10,14-16H,1,8,11-13H2,2-3H3. The van der Waals surface area contributed by atoms with Gasteiger partial charge >= 0.3 is 0 Å². The molecule has 3 unspecified atom stereocenters. The molecule has 0 aromatic heterocycles. The number of hydrogen-bond acceptors (Lipinski definition) is 1. The molecule has 3 atom stereocenters. The fourth-order valence-corrected chi connectivity index (χ4v) is 3.20. The molecule has 20 heavy (non-hydrogen) atoms. The van der Waals surface area contributed by atoms with E-state index in [9.17, 15) is 4.79 Å². The molecule has 1 aliphatic heterocycles. The lowest BCUT2D eigenvalue weighted by Crippen LogP contribution is -2.28. The Kier molecular flexibility index (Phi) is 4.99. The molecule has 1 amide bonds. The van der Waals surface area contributed by atoms with Crippen molar-refractivity contribution in [1.82, 2.24) is 4.90 Å². The number of nitrogens with zero attached hydrogens (tertiary/aromatic N) is 1. The summed E-state index contributed by atoms with van der Waals surface area (Å²) in [5, 5.41) is 0. The minimum Gasteiger partial charge on any atom is -0.336 e. The molecular weight excluding hydrogens is 246 g/mol. The normalized spacial score (nSPS) is 21.8. The maximum Gasteiger partial charge on any atom is 0.223 e.